The van der Waals surface area contributed by atoms with Crippen LogP contribution in [-0.2, 0) is 0 Å². The third kappa shape index (κ3) is 6.55. The van der Waals surface area contributed by atoms with Crippen LogP contribution in [0.4, 0.5) is 0 Å². The van der Waals surface area contributed by atoms with Crippen molar-refractivity contribution in [2.24, 2.45) is 11.8 Å². The highest BCUT2D eigenvalue weighted by atomic mass is 15.2. The Morgan fingerprint density at radius 1 is 1.11 bits per heavy atom. The molecule has 1 N–H and O–H groups in total. The molecule has 0 aromatic heterocycles. The van der Waals surface area contributed by atoms with E-state index in [4.69, 9.17) is 0 Å². The van der Waals surface area contributed by atoms with Crippen LogP contribution >= 0.6 is 0 Å². The predicted octanol–water partition coefficient (Wildman–Crippen LogP) is 3.54. The summed E-state index contributed by atoms with van der Waals surface area (Å²) < 4.78 is 0. The second-order valence-corrected chi connectivity index (χ2v) is 6.88. The summed E-state index contributed by atoms with van der Waals surface area (Å²) in [5.41, 5.74) is 0.194. The molecule has 0 saturated heterocycles. The molecule has 0 heterocycles. The van der Waals surface area contributed by atoms with Gasteiger partial charge in [0.05, 0.1) is 0 Å². The van der Waals surface area contributed by atoms with Gasteiger partial charge < -0.3 is 5.32 Å². The Hall–Kier alpha value is -0.340. The van der Waals surface area contributed by atoms with E-state index in [0.717, 1.165) is 25.6 Å². The van der Waals surface area contributed by atoms with Crippen molar-refractivity contribution in [2.45, 2.75) is 60.0 Å². The van der Waals surface area contributed by atoms with E-state index in [1.165, 1.54) is 0 Å². The van der Waals surface area contributed by atoms with Crippen LogP contribution < -0.4 is 5.32 Å². The van der Waals surface area contributed by atoms with Gasteiger partial charge in [-0.1, -0.05) is 26.8 Å². The molecular weight excluding hydrogens is 220 g/mol. The molecule has 2 heteroatoms. The first-order valence-electron chi connectivity index (χ1n) is 7.28. The normalized spacial score (nSPS) is 16.1. The molecule has 108 valence electrons. The van der Waals surface area contributed by atoms with Gasteiger partial charge in [0.25, 0.3) is 0 Å². The van der Waals surface area contributed by atoms with Crippen molar-refractivity contribution in [3.63, 3.8) is 0 Å². The van der Waals surface area contributed by atoms with Crippen LogP contribution in [0.2, 0.25) is 0 Å². The summed E-state index contributed by atoms with van der Waals surface area (Å²) in [6.07, 6.45) is 2.01. The van der Waals surface area contributed by atoms with E-state index in [2.05, 4.69) is 65.3 Å². The van der Waals surface area contributed by atoms with E-state index < -0.39 is 0 Å². The highest BCUT2D eigenvalue weighted by Crippen LogP contribution is 2.21. The summed E-state index contributed by atoms with van der Waals surface area (Å²) >= 11 is 0. The zero-order valence-electron chi connectivity index (χ0n) is 13.6. The van der Waals surface area contributed by atoms with Gasteiger partial charge in [-0.15, -0.1) is 6.58 Å². The quantitative estimate of drug-likeness (QED) is 0.667. The molecule has 0 aliphatic heterocycles. The molecule has 0 spiro atoms. The second kappa shape index (κ2) is 7.96. The van der Waals surface area contributed by atoms with Crippen LogP contribution in [-0.4, -0.2) is 36.1 Å². The Labute approximate surface area is 115 Å². The van der Waals surface area contributed by atoms with Crippen molar-refractivity contribution in [1.29, 1.82) is 0 Å². The van der Waals surface area contributed by atoms with Gasteiger partial charge in [-0.3, -0.25) is 4.90 Å². The van der Waals surface area contributed by atoms with Gasteiger partial charge in [0.1, 0.15) is 0 Å². The average molecular weight is 254 g/mol. The minimum atomic E-state index is 0.194. The number of rotatable bonds is 8. The fraction of sp³-hybridized carbons (Fsp3) is 0.875. The minimum Gasteiger partial charge on any atom is -0.316 e. The highest BCUT2D eigenvalue weighted by Gasteiger charge is 2.28. The Bertz CT molecular complexity index is 228. The lowest BCUT2D eigenvalue weighted by molar-refractivity contribution is 0.0754. The zero-order valence-corrected chi connectivity index (χ0v) is 13.6. The summed E-state index contributed by atoms with van der Waals surface area (Å²) in [4.78, 5) is 2.53. The lowest BCUT2D eigenvalue weighted by atomic mass is 9.95. The smallest absolute Gasteiger partial charge is 0.0168 e. The molecule has 0 aromatic carbocycles. The maximum Gasteiger partial charge on any atom is 0.0168 e. The lowest BCUT2D eigenvalue weighted by Crippen LogP contribution is -2.51. The van der Waals surface area contributed by atoms with Crippen molar-refractivity contribution in [3.05, 3.63) is 12.7 Å². The summed E-state index contributed by atoms with van der Waals surface area (Å²) in [7, 11) is 0. The van der Waals surface area contributed by atoms with Gasteiger partial charge >= 0.3 is 0 Å². The minimum absolute atomic E-state index is 0.194. The summed E-state index contributed by atoms with van der Waals surface area (Å²) in [6.45, 7) is 23.0. The average Bonchev–Trinajstić information content (AvgIpc) is 2.22. The van der Waals surface area contributed by atoms with Gasteiger partial charge in [-0.25, -0.2) is 0 Å². The fourth-order valence-corrected chi connectivity index (χ4v) is 2.27. The molecule has 0 saturated carbocycles. The molecule has 2 atom stereocenters. The van der Waals surface area contributed by atoms with Crippen molar-refractivity contribution in [3.8, 4) is 0 Å². The summed E-state index contributed by atoms with van der Waals surface area (Å²) in [5.74, 6) is 1.36. The van der Waals surface area contributed by atoms with E-state index in [1.807, 2.05) is 6.08 Å². The van der Waals surface area contributed by atoms with Gasteiger partial charge in [-0.2, -0.15) is 0 Å². The van der Waals surface area contributed by atoms with E-state index in [1.54, 1.807) is 0 Å². The first-order valence-corrected chi connectivity index (χ1v) is 7.28. The standard InChI is InChI=1S/C16H34N2/c1-9-10-18(16(6,7)8)15(5)14(4)12-17-11-13(2)3/h9,13-15,17H,1,10-12H2,2-8H3. The van der Waals surface area contributed by atoms with Gasteiger partial charge in [-0.05, 0) is 52.6 Å². The molecule has 0 fully saturated rings. The van der Waals surface area contributed by atoms with Crippen LogP contribution in [0.25, 0.3) is 0 Å². The maximum absolute atomic E-state index is 3.88. The summed E-state index contributed by atoms with van der Waals surface area (Å²) in [5, 5.41) is 3.56. The van der Waals surface area contributed by atoms with Gasteiger partial charge in [0.15, 0.2) is 0 Å². The summed E-state index contributed by atoms with van der Waals surface area (Å²) in [6, 6.07) is 0.558. The number of nitrogens with zero attached hydrogens (tertiary/aromatic N) is 1. The van der Waals surface area contributed by atoms with Crippen molar-refractivity contribution in [2.75, 3.05) is 19.6 Å². The van der Waals surface area contributed by atoms with E-state index >= 15 is 0 Å². The molecule has 2 nitrogen and oxygen atoms in total. The highest BCUT2D eigenvalue weighted by molar-refractivity contribution is 4.88. The lowest BCUT2D eigenvalue weighted by Gasteiger charge is -2.42. The molecule has 0 amide bonds. The van der Waals surface area contributed by atoms with Crippen molar-refractivity contribution < 1.29 is 0 Å². The molecular formula is C16H34N2. The molecule has 0 aromatic rings. The topological polar surface area (TPSA) is 15.3 Å². The van der Waals surface area contributed by atoms with E-state index in [0.29, 0.717) is 12.0 Å². The molecule has 0 bridgehead atoms. The molecule has 2 unspecified atom stereocenters. The Balaban J connectivity index is 4.38. The van der Waals surface area contributed by atoms with Crippen molar-refractivity contribution in [1.82, 2.24) is 10.2 Å². The van der Waals surface area contributed by atoms with Gasteiger partial charge in [0, 0.05) is 18.1 Å². The van der Waals surface area contributed by atoms with Crippen molar-refractivity contribution >= 4 is 0 Å². The predicted molar refractivity (Wildman–Crippen MR) is 83.0 cm³/mol. The van der Waals surface area contributed by atoms with Crippen LogP contribution in [0, 0.1) is 11.8 Å². The Kier molecular flexibility index (Phi) is 7.81. The second-order valence-electron chi connectivity index (χ2n) is 6.88. The fourth-order valence-electron chi connectivity index (χ4n) is 2.27. The van der Waals surface area contributed by atoms with Crippen LogP contribution in [0.1, 0.15) is 48.5 Å². The molecule has 0 aliphatic carbocycles. The first kappa shape index (κ1) is 17.7. The number of nitrogens with one attached hydrogen (secondary N) is 1. The van der Waals surface area contributed by atoms with Gasteiger partial charge in [0.2, 0.25) is 0 Å². The Morgan fingerprint density at radius 2 is 1.67 bits per heavy atom. The van der Waals surface area contributed by atoms with E-state index in [-0.39, 0.29) is 5.54 Å². The number of hydrogen-bond donors (Lipinski definition) is 1. The van der Waals surface area contributed by atoms with Crippen LogP contribution in [0.5, 0.6) is 0 Å². The first-order chi connectivity index (χ1) is 8.20. The largest absolute Gasteiger partial charge is 0.316 e. The SMILES string of the molecule is C=CCN(C(C)C(C)CNCC(C)C)C(C)(C)C. The monoisotopic (exact) mass is 254 g/mol. The molecule has 18 heavy (non-hydrogen) atoms. The molecule has 0 rings (SSSR count). The maximum atomic E-state index is 3.88. The zero-order chi connectivity index (χ0) is 14.3. The third-order valence-electron chi connectivity index (χ3n) is 3.52. The van der Waals surface area contributed by atoms with E-state index in [9.17, 15) is 0 Å². The number of hydrogen-bond acceptors (Lipinski definition) is 2. The van der Waals surface area contributed by atoms with Crippen LogP contribution in [0.3, 0.4) is 0 Å². The Morgan fingerprint density at radius 3 is 2.06 bits per heavy atom. The molecule has 0 radical (unpaired) electrons. The van der Waals surface area contributed by atoms with Crippen LogP contribution in [0.15, 0.2) is 12.7 Å². The molecule has 0 aliphatic rings. The third-order valence-corrected chi connectivity index (χ3v) is 3.52.